The quantitative estimate of drug-likeness (QED) is 0.332. The molecule has 37 heavy (non-hydrogen) atoms. The molecule has 4 N–H and O–H groups in total. The number of para-hydroxylation sites is 1. The lowest BCUT2D eigenvalue weighted by Gasteiger charge is -2.23. The Morgan fingerprint density at radius 2 is 1.92 bits per heavy atom. The van der Waals surface area contributed by atoms with Crippen molar-refractivity contribution in [2.45, 2.75) is 13.0 Å². The third-order valence-corrected chi connectivity index (χ3v) is 6.42. The minimum Gasteiger partial charge on any atom is -0.381 e. The Morgan fingerprint density at radius 3 is 2.68 bits per heavy atom. The van der Waals surface area contributed by atoms with Crippen molar-refractivity contribution in [2.24, 2.45) is 0 Å². The SMILES string of the molecule is C#Cc1ccc2c3c(c([C@@H](C)NC(=O)c4c(N)nn5cccnc45)n(-c4ccccc4)c(=O)c13)C(=O)N2. The van der Waals surface area contributed by atoms with Gasteiger partial charge in [0, 0.05) is 29.0 Å². The van der Waals surface area contributed by atoms with Gasteiger partial charge < -0.3 is 16.4 Å². The number of benzene rings is 2. The van der Waals surface area contributed by atoms with Crippen molar-refractivity contribution in [3.63, 3.8) is 0 Å². The number of nitrogen functional groups attached to an aromatic ring is 1. The average Bonchev–Trinajstić information content (AvgIpc) is 3.41. The maximum Gasteiger partial charge on any atom is 0.264 e. The van der Waals surface area contributed by atoms with Crippen molar-refractivity contribution >= 4 is 39.7 Å². The number of amides is 2. The smallest absolute Gasteiger partial charge is 0.264 e. The molecule has 1 aliphatic rings. The molecule has 180 valence electrons. The number of nitrogens with one attached hydrogen (secondary N) is 2. The molecular formula is C27H19N7O3. The first-order valence-electron chi connectivity index (χ1n) is 11.4. The molecule has 1 aliphatic heterocycles. The molecule has 4 heterocycles. The van der Waals surface area contributed by atoms with Gasteiger partial charge in [-0.1, -0.05) is 24.1 Å². The summed E-state index contributed by atoms with van der Waals surface area (Å²) in [5, 5.41) is 10.5. The number of terminal acetylenes is 1. The number of fused-ring (bicyclic) bond motifs is 1. The Balaban J connectivity index is 1.60. The molecule has 5 aromatic rings. The van der Waals surface area contributed by atoms with E-state index in [9.17, 15) is 14.4 Å². The highest BCUT2D eigenvalue weighted by atomic mass is 16.2. The predicted molar refractivity (Wildman–Crippen MR) is 139 cm³/mol. The third-order valence-electron chi connectivity index (χ3n) is 6.42. The first kappa shape index (κ1) is 22.1. The molecule has 0 saturated heterocycles. The first-order chi connectivity index (χ1) is 17.9. The van der Waals surface area contributed by atoms with E-state index in [0.717, 1.165) is 0 Å². The van der Waals surface area contributed by atoms with Gasteiger partial charge in [0.1, 0.15) is 5.56 Å². The number of rotatable bonds is 4. The summed E-state index contributed by atoms with van der Waals surface area (Å²) in [5.41, 5.74) is 7.98. The summed E-state index contributed by atoms with van der Waals surface area (Å²) in [6, 6.07) is 13.0. The fraction of sp³-hybridized carbons (Fsp3) is 0.0741. The summed E-state index contributed by atoms with van der Waals surface area (Å²) < 4.78 is 2.83. The lowest BCUT2D eigenvalue weighted by Crippen LogP contribution is -2.34. The van der Waals surface area contributed by atoms with Crippen molar-refractivity contribution < 1.29 is 9.59 Å². The molecule has 6 rings (SSSR count). The topological polar surface area (TPSA) is 136 Å². The summed E-state index contributed by atoms with van der Waals surface area (Å²) in [4.78, 5) is 44.9. The highest BCUT2D eigenvalue weighted by molar-refractivity contribution is 6.25. The fourth-order valence-corrected chi connectivity index (χ4v) is 4.89. The number of hydrogen-bond acceptors (Lipinski definition) is 6. The number of nitrogens with zero attached hydrogens (tertiary/aromatic N) is 4. The molecule has 0 bridgehead atoms. The van der Waals surface area contributed by atoms with Gasteiger partial charge in [0.25, 0.3) is 17.4 Å². The van der Waals surface area contributed by atoms with Crippen molar-refractivity contribution in [2.75, 3.05) is 11.1 Å². The second-order valence-corrected chi connectivity index (χ2v) is 8.59. The lowest BCUT2D eigenvalue weighted by molar-refractivity contribution is 0.0937. The van der Waals surface area contributed by atoms with Gasteiger partial charge >= 0.3 is 0 Å². The zero-order valence-electron chi connectivity index (χ0n) is 19.5. The van der Waals surface area contributed by atoms with Gasteiger partial charge in [-0.3, -0.25) is 19.0 Å². The minimum absolute atomic E-state index is 0.00518. The standard InChI is InChI=1S/C27H19N7O3/c1-3-15-10-11-17-19-18(15)27(37)34(16-8-5-4-6-9-16)22(20(19)25(35)31-17)14(2)30-26(36)21-23(28)32-33-13-7-12-29-24(21)33/h1,4-14H,2H3,(H2,28,32)(H,30,36)(H,31,35)/t14-/m1/s1. The van der Waals surface area contributed by atoms with Crippen molar-refractivity contribution in [1.29, 1.82) is 0 Å². The molecule has 10 nitrogen and oxygen atoms in total. The number of pyridine rings is 1. The Hall–Kier alpha value is -5.43. The molecule has 0 radical (unpaired) electrons. The summed E-state index contributed by atoms with van der Waals surface area (Å²) in [7, 11) is 0. The van der Waals surface area contributed by atoms with E-state index in [1.54, 1.807) is 55.6 Å². The molecule has 0 unspecified atom stereocenters. The largest absolute Gasteiger partial charge is 0.381 e. The number of nitrogens with two attached hydrogens (primary N) is 1. The maximum atomic E-state index is 14.0. The van der Waals surface area contributed by atoms with Crippen LogP contribution < -0.4 is 21.9 Å². The molecule has 2 aromatic carbocycles. The molecule has 3 aromatic heterocycles. The zero-order valence-corrected chi connectivity index (χ0v) is 19.5. The third kappa shape index (κ3) is 3.18. The highest BCUT2D eigenvalue weighted by Crippen LogP contribution is 2.38. The van der Waals surface area contributed by atoms with Gasteiger partial charge in [0.15, 0.2) is 11.5 Å². The van der Waals surface area contributed by atoms with Gasteiger partial charge in [-0.05, 0) is 37.3 Å². The molecule has 0 fully saturated rings. The average molecular weight is 489 g/mol. The zero-order chi connectivity index (χ0) is 25.8. The number of carbonyl (C=O) groups is 2. The monoisotopic (exact) mass is 489 g/mol. The first-order valence-corrected chi connectivity index (χ1v) is 11.4. The van der Waals surface area contributed by atoms with Gasteiger partial charge in [0.05, 0.1) is 28.4 Å². The van der Waals surface area contributed by atoms with Crippen molar-refractivity contribution in [3.05, 3.63) is 93.7 Å². The number of aromatic nitrogens is 4. The van der Waals surface area contributed by atoms with Gasteiger partial charge in [-0.2, -0.15) is 0 Å². The second-order valence-electron chi connectivity index (χ2n) is 8.59. The summed E-state index contributed by atoms with van der Waals surface area (Å²) in [6.07, 6.45) is 8.88. The number of hydrogen-bond donors (Lipinski definition) is 3. The van der Waals surface area contributed by atoms with Crippen molar-refractivity contribution in [1.82, 2.24) is 24.5 Å². The molecule has 0 saturated carbocycles. The van der Waals surface area contributed by atoms with E-state index in [0.29, 0.717) is 28.0 Å². The van der Waals surface area contributed by atoms with E-state index in [4.69, 9.17) is 12.2 Å². The molecular weight excluding hydrogens is 470 g/mol. The molecule has 1 atom stereocenters. The van der Waals surface area contributed by atoms with E-state index in [1.165, 1.54) is 15.3 Å². The molecule has 2 amide bonds. The van der Waals surface area contributed by atoms with Gasteiger partial charge in [-0.25, -0.2) is 9.50 Å². The van der Waals surface area contributed by atoms with Crippen LogP contribution in [-0.4, -0.2) is 31.0 Å². The van der Waals surface area contributed by atoms with Crippen LogP contribution in [0.25, 0.3) is 22.1 Å². The minimum atomic E-state index is -0.802. The fourth-order valence-electron chi connectivity index (χ4n) is 4.89. The van der Waals surface area contributed by atoms with Crippen LogP contribution in [0.5, 0.6) is 0 Å². The van der Waals surface area contributed by atoms with Crippen LogP contribution in [0.3, 0.4) is 0 Å². The summed E-state index contributed by atoms with van der Waals surface area (Å²) in [5.74, 6) is 1.62. The summed E-state index contributed by atoms with van der Waals surface area (Å²) in [6.45, 7) is 1.69. The normalized spacial score (nSPS) is 12.9. The maximum absolute atomic E-state index is 14.0. The van der Waals surface area contributed by atoms with E-state index in [2.05, 4.69) is 26.6 Å². The lowest BCUT2D eigenvalue weighted by atomic mass is 9.97. The highest BCUT2D eigenvalue weighted by Gasteiger charge is 2.34. The Morgan fingerprint density at radius 1 is 1.14 bits per heavy atom. The summed E-state index contributed by atoms with van der Waals surface area (Å²) >= 11 is 0. The van der Waals surface area contributed by atoms with Gasteiger partial charge in [-0.15, -0.1) is 11.5 Å². The van der Waals surface area contributed by atoms with E-state index < -0.39 is 23.4 Å². The Bertz CT molecular complexity index is 1880. The van der Waals surface area contributed by atoms with E-state index in [1.807, 2.05) is 6.07 Å². The van der Waals surface area contributed by atoms with Crippen LogP contribution >= 0.6 is 0 Å². The predicted octanol–water partition coefficient (Wildman–Crippen LogP) is 2.65. The van der Waals surface area contributed by atoms with Crippen LogP contribution in [0, 0.1) is 12.3 Å². The molecule has 0 spiro atoms. The number of carbonyl (C=O) groups excluding carboxylic acids is 2. The van der Waals surface area contributed by atoms with Crippen molar-refractivity contribution in [3.8, 4) is 18.0 Å². The second kappa shape index (κ2) is 8.07. The molecule has 10 heteroatoms. The van der Waals surface area contributed by atoms with E-state index >= 15 is 0 Å². The van der Waals surface area contributed by atoms with Crippen LogP contribution in [0.15, 0.2) is 65.7 Å². The van der Waals surface area contributed by atoms with E-state index in [-0.39, 0.29) is 28.0 Å². The Kier molecular flexibility index (Phi) is 4.81. The number of anilines is 2. The van der Waals surface area contributed by atoms with Crippen LogP contribution in [0.4, 0.5) is 11.5 Å². The molecule has 0 aliphatic carbocycles. The van der Waals surface area contributed by atoms with Crippen LogP contribution in [0.2, 0.25) is 0 Å². The Labute approximate surface area is 209 Å². The van der Waals surface area contributed by atoms with Gasteiger partial charge in [0.2, 0.25) is 0 Å². The van der Waals surface area contributed by atoms with Crippen LogP contribution in [0.1, 0.15) is 44.9 Å². The van der Waals surface area contributed by atoms with Crippen LogP contribution in [-0.2, 0) is 0 Å².